The van der Waals surface area contributed by atoms with Gasteiger partial charge >= 0.3 is 12.1 Å². The fourth-order valence-electron chi connectivity index (χ4n) is 2.84. The number of hydrogen-bond donors (Lipinski definition) is 2. The van der Waals surface area contributed by atoms with E-state index in [2.05, 4.69) is 5.32 Å². The number of carbonyl (C=O) groups excluding carboxylic acids is 1. The third kappa shape index (κ3) is 4.68. The SMILES string of the molecule is CC(C(=O)NCc1ccc(F)cc1)N1C[C@@H](C(F)(F)F)[C@H](C(=O)O)C1. The molecule has 0 bridgehead atoms. The van der Waals surface area contributed by atoms with Crippen molar-refractivity contribution in [2.75, 3.05) is 13.1 Å². The molecular weight excluding hydrogens is 344 g/mol. The highest BCUT2D eigenvalue weighted by Gasteiger charge is 2.53. The molecule has 1 aliphatic rings. The van der Waals surface area contributed by atoms with Crippen molar-refractivity contribution >= 4 is 11.9 Å². The molecule has 1 heterocycles. The van der Waals surface area contributed by atoms with Gasteiger partial charge in [0, 0.05) is 19.6 Å². The first kappa shape index (κ1) is 19.2. The van der Waals surface area contributed by atoms with Crippen molar-refractivity contribution in [3.63, 3.8) is 0 Å². The first-order valence-electron chi connectivity index (χ1n) is 7.65. The van der Waals surface area contributed by atoms with Gasteiger partial charge in [0.2, 0.25) is 5.91 Å². The monoisotopic (exact) mass is 362 g/mol. The van der Waals surface area contributed by atoms with Gasteiger partial charge in [0.05, 0.1) is 17.9 Å². The maximum atomic E-state index is 13.0. The molecule has 5 nitrogen and oxygen atoms in total. The second kappa shape index (κ2) is 7.38. The van der Waals surface area contributed by atoms with Gasteiger partial charge in [0.15, 0.2) is 0 Å². The predicted octanol–water partition coefficient (Wildman–Crippen LogP) is 2.03. The van der Waals surface area contributed by atoms with E-state index in [0.29, 0.717) is 5.56 Å². The first-order chi connectivity index (χ1) is 11.6. The number of halogens is 4. The average Bonchev–Trinajstić information content (AvgIpc) is 2.99. The Hall–Kier alpha value is -2.16. The van der Waals surface area contributed by atoms with E-state index in [-0.39, 0.29) is 13.1 Å². The number of carboxylic acids is 1. The molecule has 0 aliphatic carbocycles. The van der Waals surface area contributed by atoms with Crippen LogP contribution in [0.4, 0.5) is 17.6 Å². The minimum atomic E-state index is -4.64. The van der Waals surface area contributed by atoms with Crippen molar-refractivity contribution in [2.45, 2.75) is 25.7 Å². The lowest BCUT2D eigenvalue weighted by Crippen LogP contribution is -2.44. The number of alkyl halides is 3. The molecule has 9 heteroatoms. The van der Waals surface area contributed by atoms with Crippen molar-refractivity contribution in [1.82, 2.24) is 10.2 Å². The Morgan fingerprint density at radius 3 is 2.36 bits per heavy atom. The molecule has 0 spiro atoms. The van der Waals surface area contributed by atoms with Crippen LogP contribution >= 0.6 is 0 Å². The van der Waals surface area contributed by atoms with Crippen LogP contribution in [0.25, 0.3) is 0 Å². The number of carboxylic acid groups (broad SMARTS) is 1. The van der Waals surface area contributed by atoms with Crippen molar-refractivity contribution in [1.29, 1.82) is 0 Å². The molecule has 1 aliphatic heterocycles. The van der Waals surface area contributed by atoms with E-state index in [4.69, 9.17) is 5.11 Å². The Morgan fingerprint density at radius 2 is 1.88 bits per heavy atom. The summed E-state index contributed by atoms with van der Waals surface area (Å²) in [7, 11) is 0. The number of likely N-dealkylation sites (tertiary alicyclic amines) is 1. The van der Waals surface area contributed by atoms with Gasteiger partial charge in [-0.05, 0) is 24.6 Å². The first-order valence-corrected chi connectivity index (χ1v) is 7.65. The number of carbonyl (C=O) groups is 2. The molecule has 138 valence electrons. The third-order valence-electron chi connectivity index (χ3n) is 4.39. The van der Waals surface area contributed by atoms with Crippen LogP contribution in [-0.4, -0.2) is 47.2 Å². The average molecular weight is 362 g/mol. The maximum Gasteiger partial charge on any atom is 0.393 e. The zero-order valence-corrected chi connectivity index (χ0v) is 13.4. The summed E-state index contributed by atoms with van der Waals surface area (Å²) in [6.45, 7) is 0.649. The third-order valence-corrected chi connectivity index (χ3v) is 4.39. The molecule has 25 heavy (non-hydrogen) atoms. The van der Waals surface area contributed by atoms with Gasteiger partial charge in [-0.2, -0.15) is 13.2 Å². The highest BCUT2D eigenvalue weighted by molar-refractivity contribution is 5.81. The van der Waals surface area contributed by atoms with Crippen molar-refractivity contribution < 1.29 is 32.3 Å². The van der Waals surface area contributed by atoms with Crippen LogP contribution in [0.1, 0.15) is 12.5 Å². The minimum absolute atomic E-state index is 0.0996. The molecule has 1 fully saturated rings. The van der Waals surface area contributed by atoms with Crippen molar-refractivity contribution in [3.05, 3.63) is 35.6 Å². The second-order valence-corrected chi connectivity index (χ2v) is 6.07. The van der Waals surface area contributed by atoms with Crippen LogP contribution in [0.15, 0.2) is 24.3 Å². The smallest absolute Gasteiger partial charge is 0.393 e. The number of hydrogen-bond acceptors (Lipinski definition) is 3. The summed E-state index contributed by atoms with van der Waals surface area (Å²) in [4.78, 5) is 24.4. The molecule has 3 atom stereocenters. The van der Waals surface area contributed by atoms with E-state index in [1.54, 1.807) is 0 Å². The topological polar surface area (TPSA) is 69.6 Å². The standard InChI is InChI=1S/C16H18F4N2O3/c1-9(14(23)21-6-10-2-4-11(17)5-3-10)22-7-12(15(24)25)13(8-22)16(18,19)20/h2-5,9,12-13H,6-8H2,1H3,(H,21,23)(H,24,25)/t9?,12-,13-/m1/s1. The molecule has 1 unspecified atom stereocenters. The largest absolute Gasteiger partial charge is 0.481 e. The maximum absolute atomic E-state index is 13.0. The Morgan fingerprint density at radius 1 is 1.28 bits per heavy atom. The summed E-state index contributed by atoms with van der Waals surface area (Å²) >= 11 is 0. The van der Waals surface area contributed by atoms with Gasteiger partial charge in [-0.25, -0.2) is 4.39 Å². The minimum Gasteiger partial charge on any atom is -0.481 e. The second-order valence-electron chi connectivity index (χ2n) is 6.07. The zero-order valence-electron chi connectivity index (χ0n) is 13.4. The molecule has 2 N–H and O–H groups in total. The molecule has 0 aromatic heterocycles. The van der Waals surface area contributed by atoms with Gasteiger partial charge in [-0.15, -0.1) is 0 Å². The normalized spacial score (nSPS) is 22.6. The van der Waals surface area contributed by atoms with Crippen molar-refractivity contribution in [2.24, 2.45) is 11.8 Å². The van der Waals surface area contributed by atoms with Crippen LogP contribution in [0.3, 0.4) is 0 Å². The highest BCUT2D eigenvalue weighted by atomic mass is 19.4. The number of rotatable bonds is 5. The summed E-state index contributed by atoms with van der Waals surface area (Å²) in [6.07, 6.45) is -4.64. The van der Waals surface area contributed by atoms with Crippen LogP contribution < -0.4 is 5.32 Å². The van der Waals surface area contributed by atoms with Crippen LogP contribution in [-0.2, 0) is 16.1 Å². The lowest BCUT2D eigenvalue weighted by atomic mass is 9.96. The summed E-state index contributed by atoms with van der Waals surface area (Å²) in [6, 6.07) is 4.52. The number of benzene rings is 1. The van der Waals surface area contributed by atoms with E-state index in [1.165, 1.54) is 36.1 Å². The lowest BCUT2D eigenvalue weighted by Gasteiger charge is -2.23. The summed E-state index contributed by atoms with van der Waals surface area (Å²) < 4.78 is 51.8. The quantitative estimate of drug-likeness (QED) is 0.787. The van der Waals surface area contributed by atoms with Gasteiger partial charge in [0.25, 0.3) is 0 Å². The van der Waals surface area contributed by atoms with Gasteiger partial charge in [-0.1, -0.05) is 12.1 Å². The molecule has 1 aromatic carbocycles. The molecule has 0 saturated carbocycles. The molecule has 0 radical (unpaired) electrons. The molecule has 2 rings (SSSR count). The van der Waals surface area contributed by atoms with Crippen LogP contribution in [0, 0.1) is 17.7 Å². The van der Waals surface area contributed by atoms with Gasteiger partial charge in [0.1, 0.15) is 5.82 Å². The number of aliphatic carboxylic acids is 1. The predicted molar refractivity (Wildman–Crippen MR) is 80.0 cm³/mol. The fourth-order valence-corrected chi connectivity index (χ4v) is 2.84. The number of amides is 1. The Kier molecular flexibility index (Phi) is 5.66. The van der Waals surface area contributed by atoms with Crippen LogP contribution in [0.5, 0.6) is 0 Å². The summed E-state index contributed by atoms with van der Waals surface area (Å²) in [5.74, 6) is -6.05. The van der Waals surface area contributed by atoms with E-state index < -0.39 is 48.3 Å². The highest BCUT2D eigenvalue weighted by Crippen LogP contribution is 2.38. The lowest BCUT2D eigenvalue weighted by molar-refractivity contribution is -0.188. The summed E-state index contributed by atoms with van der Waals surface area (Å²) in [5.41, 5.74) is 0.639. The molecule has 1 saturated heterocycles. The Labute approximate surface area is 141 Å². The molecule has 1 aromatic rings. The summed E-state index contributed by atoms with van der Waals surface area (Å²) in [5, 5.41) is 11.6. The van der Waals surface area contributed by atoms with E-state index in [9.17, 15) is 27.2 Å². The van der Waals surface area contributed by atoms with E-state index >= 15 is 0 Å². The molecule has 1 amide bonds. The number of nitrogens with one attached hydrogen (secondary N) is 1. The van der Waals surface area contributed by atoms with Gasteiger partial charge in [-0.3, -0.25) is 14.5 Å². The fraction of sp³-hybridized carbons (Fsp3) is 0.500. The van der Waals surface area contributed by atoms with E-state index in [0.717, 1.165) is 0 Å². The Bertz CT molecular complexity index is 633. The zero-order chi connectivity index (χ0) is 18.8. The van der Waals surface area contributed by atoms with Gasteiger partial charge < -0.3 is 10.4 Å². The Balaban J connectivity index is 1.97. The van der Waals surface area contributed by atoms with E-state index in [1.807, 2.05) is 0 Å². The van der Waals surface area contributed by atoms with Crippen molar-refractivity contribution in [3.8, 4) is 0 Å². The van der Waals surface area contributed by atoms with Crippen LogP contribution in [0.2, 0.25) is 0 Å². The number of nitrogens with zero attached hydrogens (tertiary/aromatic N) is 1. The molecular formula is C16H18F4N2O3.